The summed E-state index contributed by atoms with van der Waals surface area (Å²) >= 11 is 0. The van der Waals surface area contributed by atoms with E-state index in [2.05, 4.69) is 0 Å². The molecule has 0 radical (unpaired) electrons. The molecule has 0 amide bonds. The molecule has 1 aliphatic carbocycles. The molecule has 1 saturated carbocycles. The number of rotatable bonds is 9. The maximum absolute atomic E-state index is 14.2. The van der Waals surface area contributed by atoms with E-state index in [1.165, 1.54) is 0 Å². The molecular formula is C27H34O5P+. The summed E-state index contributed by atoms with van der Waals surface area (Å²) in [6, 6.07) is 9.11. The van der Waals surface area contributed by atoms with E-state index in [0.717, 1.165) is 36.0 Å². The van der Waals surface area contributed by atoms with Gasteiger partial charge in [0.2, 0.25) is 10.9 Å². The van der Waals surface area contributed by atoms with Crippen molar-refractivity contribution in [3.05, 3.63) is 58.1 Å². The van der Waals surface area contributed by atoms with Crippen molar-refractivity contribution in [3.8, 4) is 11.5 Å². The first-order chi connectivity index (χ1) is 15.8. The average molecular weight is 470 g/mol. The van der Waals surface area contributed by atoms with Gasteiger partial charge in [-0.25, -0.2) is 4.79 Å². The Hall–Kier alpha value is -2.52. The van der Waals surface area contributed by atoms with Crippen LogP contribution in [0.4, 0.5) is 0 Å². The third kappa shape index (κ3) is 4.89. The van der Waals surface area contributed by atoms with Gasteiger partial charge in [0.05, 0.1) is 18.8 Å². The first-order valence-electron chi connectivity index (χ1n) is 11.8. The molecule has 0 aliphatic heterocycles. The molecule has 5 nitrogen and oxygen atoms in total. The van der Waals surface area contributed by atoms with Crippen molar-refractivity contribution in [2.45, 2.75) is 71.9 Å². The molecule has 2 aromatic carbocycles. The highest BCUT2D eigenvalue weighted by atomic mass is 31.1. The Morgan fingerprint density at radius 3 is 1.88 bits per heavy atom. The number of ketones is 1. The number of ether oxygens (including phenoxy) is 2. The van der Waals surface area contributed by atoms with Crippen molar-refractivity contribution in [1.29, 1.82) is 0 Å². The molecule has 1 fully saturated rings. The van der Waals surface area contributed by atoms with Gasteiger partial charge in [0.1, 0.15) is 17.1 Å². The van der Waals surface area contributed by atoms with Crippen LogP contribution < -0.4 is 9.47 Å². The third-order valence-corrected chi connectivity index (χ3v) is 8.40. The Morgan fingerprint density at radius 1 is 0.879 bits per heavy atom. The van der Waals surface area contributed by atoms with Gasteiger partial charge in [0, 0.05) is 12.8 Å². The van der Waals surface area contributed by atoms with Crippen LogP contribution in [0.5, 0.6) is 11.5 Å². The highest BCUT2D eigenvalue weighted by Crippen LogP contribution is 2.54. The summed E-state index contributed by atoms with van der Waals surface area (Å²) in [6.07, 6.45) is 3.31. The van der Waals surface area contributed by atoms with E-state index in [1.807, 2.05) is 46.8 Å². The highest BCUT2D eigenvalue weighted by molar-refractivity contribution is 7.67. The van der Waals surface area contributed by atoms with E-state index in [-0.39, 0.29) is 5.78 Å². The predicted octanol–water partition coefficient (Wildman–Crippen LogP) is 6.96. The number of benzene rings is 2. The first-order valence-corrected chi connectivity index (χ1v) is 13.1. The van der Waals surface area contributed by atoms with Gasteiger partial charge < -0.3 is 9.47 Å². The van der Waals surface area contributed by atoms with E-state index in [0.29, 0.717) is 48.7 Å². The van der Waals surface area contributed by atoms with Crippen LogP contribution in [0.25, 0.3) is 0 Å². The number of aryl methyl sites for hydroxylation is 3. The second-order valence-corrected chi connectivity index (χ2v) is 10.6. The van der Waals surface area contributed by atoms with Gasteiger partial charge in [-0.3, -0.25) is 4.79 Å². The fourth-order valence-electron chi connectivity index (χ4n) is 4.99. The van der Waals surface area contributed by atoms with Crippen LogP contribution in [0.15, 0.2) is 30.3 Å². The first kappa shape index (κ1) is 25.1. The van der Waals surface area contributed by atoms with Gasteiger partial charge >= 0.3 is 13.3 Å². The summed E-state index contributed by atoms with van der Waals surface area (Å²) in [4.78, 5) is 27.9. The van der Waals surface area contributed by atoms with Gasteiger partial charge in [-0.15, -0.1) is 0 Å². The smallest absolute Gasteiger partial charge is 0.434 e. The number of hydrogen-bond donors (Lipinski definition) is 0. The zero-order valence-electron chi connectivity index (χ0n) is 20.3. The molecule has 2 aromatic rings. The molecule has 1 aliphatic rings. The van der Waals surface area contributed by atoms with Crippen LogP contribution in [0, 0.1) is 20.8 Å². The standard InChI is InChI=1S/C27H34O5P/c1-6-31-21-12-11-13-22(32-7-2)24(21)25(28)27(14-9-8-10-15-27)33(30)26(29)23-19(4)16-18(3)17-20(23)5/h11-13,16-17H,6-10,14-15H2,1-5H3/q+1. The maximum Gasteiger partial charge on any atom is 0.434 e. The molecule has 176 valence electrons. The zero-order chi connectivity index (χ0) is 24.2. The molecular weight excluding hydrogens is 435 g/mol. The lowest BCUT2D eigenvalue weighted by molar-refractivity contribution is 0.0895. The molecule has 0 spiro atoms. The lowest BCUT2D eigenvalue weighted by Gasteiger charge is -2.28. The lowest BCUT2D eigenvalue weighted by atomic mass is 9.82. The molecule has 1 unspecified atom stereocenters. The monoisotopic (exact) mass is 469 g/mol. The Morgan fingerprint density at radius 2 is 1.39 bits per heavy atom. The normalized spacial score (nSPS) is 15.6. The second-order valence-electron chi connectivity index (χ2n) is 8.79. The minimum absolute atomic E-state index is 0.299. The van der Waals surface area contributed by atoms with E-state index < -0.39 is 18.5 Å². The minimum atomic E-state index is -2.52. The van der Waals surface area contributed by atoms with Crippen LogP contribution >= 0.6 is 7.80 Å². The molecule has 0 aromatic heterocycles. The van der Waals surface area contributed by atoms with Crippen LogP contribution in [0.1, 0.15) is 83.4 Å². The van der Waals surface area contributed by atoms with Gasteiger partial charge in [0.25, 0.3) is 0 Å². The maximum atomic E-state index is 14.2. The van der Waals surface area contributed by atoms with Gasteiger partial charge in [-0.2, -0.15) is 0 Å². The Labute approximate surface area is 197 Å². The topological polar surface area (TPSA) is 69.7 Å². The summed E-state index contributed by atoms with van der Waals surface area (Å²) in [5, 5.41) is -1.26. The highest BCUT2D eigenvalue weighted by Gasteiger charge is 2.61. The quantitative estimate of drug-likeness (QED) is 0.293. The molecule has 3 rings (SSSR count). The van der Waals surface area contributed by atoms with Crippen LogP contribution in [0.3, 0.4) is 0 Å². The van der Waals surface area contributed by atoms with Crippen molar-refractivity contribution in [2.75, 3.05) is 13.2 Å². The minimum Gasteiger partial charge on any atom is -0.493 e. The SMILES string of the molecule is CCOc1cccc(OCC)c1C(=O)C1([P+](=O)C(=O)c2c(C)cc(C)cc2C)CCCCC1. The van der Waals surface area contributed by atoms with Crippen LogP contribution in [-0.2, 0) is 4.57 Å². The van der Waals surface area contributed by atoms with E-state index in [1.54, 1.807) is 18.2 Å². The van der Waals surface area contributed by atoms with E-state index >= 15 is 0 Å². The average Bonchev–Trinajstić information content (AvgIpc) is 2.78. The third-order valence-electron chi connectivity index (χ3n) is 6.38. The largest absolute Gasteiger partial charge is 0.493 e. The van der Waals surface area contributed by atoms with E-state index in [4.69, 9.17) is 9.47 Å². The molecule has 6 heteroatoms. The van der Waals surface area contributed by atoms with E-state index in [9.17, 15) is 14.2 Å². The van der Waals surface area contributed by atoms with Gasteiger partial charge in [0.15, 0.2) is 0 Å². The zero-order valence-corrected chi connectivity index (χ0v) is 21.2. The molecule has 0 heterocycles. The Bertz CT molecular complexity index is 1020. The molecule has 33 heavy (non-hydrogen) atoms. The van der Waals surface area contributed by atoms with Gasteiger partial charge in [-0.1, -0.05) is 34.7 Å². The number of carbonyl (C=O) groups excluding carboxylic acids is 2. The summed E-state index contributed by atoms with van der Waals surface area (Å²) in [5.74, 6) is 0.528. The Kier molecular flexibility index (Phi) is 8.07. The molecule has 0 saturated heterocycles. The van der Waals surface area contributed by atoms with Gasteiger partial charge in [-0.05, 0) is 70.7 Å². The summed E-state index contributed by atoms with van der Waals surface area (Å²) in [5.41, 5.74) is 2.99. The lowest BCUT2D eigenvalue weighted by Crippen LogP contribution is -2.39. The number of hydrogen-bond acceptors (Lipinski definition) is 5. The Balaban J connectivity index is 2.14. The van der Waals surface area contributed by atoms with Crippen molar-refractivity contribution in [3.63, 3.8) is 0 Å². The van der Waals surface area contributed by atoms with Crippen molar-refractivity contribution < 1.29 is 23.6 Å². The summed E-state index contributed by atoms with van der Waals surface area (Å²) in [7, 11) is -2.52. The van der Waals surface area contributed by atoms with Crippen molar-refractivity contribution >= 4 is 19.1 Å². The predicted molar refractivity (Wildman–Crippen MR) is 132 cm³/mol. The summed E-state index contributed by atoms with van der Waals surface area (Å²) < 4.78 is 25.6. The molecule has 0 N–H and O–H groups in total. The summed E-state index contributed by atoms with van der Waals surface area (Å²) in [6.45, 7) is 10.2. The van der Waals surface area contributed by atoms with Crippen LogP contribution in [-0.4, -0.2) is 29.7 Å². The van der Waals surface area contributed by atoms with Crippen molar-refractivity contribution in [2.24, 2.45) is 0 Å². The number of carbonyl (C=O) groups is 2. The number of Topliss-reactive ketones (excluding diaryl/α,β-unsaturated/α-hetero) is 1. The second kappa shape index (κ2) is 10.6. The van der Waals surface area contributed by atoms with Crippen molar-refractivity contribution in [1.82, 2.24) is 0 Å². The molecule has 0 bridgehead atoms. The molecule has 1 atom stereocenters. The fraction of sp³-hybridized carbons (Fsp3) is 0.481. The fourth-order valence-corrected chi connectivity index (χ4v) is 6.95. The van der Waals surface area contributed by atoms with Crippen LogP contribution in [0.2, 0.25) is 0 Å².